The normalized spacial score (nSPS) is 14.8. The minimum Gasteiger partial charge on any atom is -0.397 e. The van der Waals surface area contributed by atoms with Crippen molar-refractivity contribution in [2.75, 3.05) is 46.1 Å². The van der Waals surface area contributed by atoms with Gasteiger partial charge in [-0.2, -0.15) is 0 Å². The molecule has 1 amide bonds. The number of carbonyl (C=O) groups excluding carboxylic acids is 1. The number of likely N-dealkylation sites (N-methyl/N-ethyl adjacent to an activating group) is 1. The van der Waals surface area contributed by atoms with E-state index in [2.05, 4.69) is 10.2 Å². The summed E-state index contributed by atoms with van der Waals surface area (Å²) in [6.07, 6.45) is 4.12. The van der Waals surface area contributed by atoms with E-state index in [0.717, 1.165) is 25.9 Å². The summed E-state index contributed by atoms with van der Waals surface area (Å²) in [6.45, 7) is 2.98. The van der Waals surface area contributed by atoms with Crippen molar-refractivity contribution in [3.8, 4) is 0 Å². The first-order valence-corrected chi connectivity index (χ1v) is 7.05. The van der Waals surface area contributed by atoms with Crippen LogP contribution in [0.3, 0.4) is 0 Å². The highest BCUT2D eigenvalue weighted by Gasteiger charge is 2.27. The predicted octanol–water partition coefficient (Wildman–Crippen LogP) is 0.713. The number of rotatable bonds is 8. The molecule has 6 heteroatoms. The molecule has 3 N–H and O–H groups in total. The van der Waals surface area contributed by atoms with Crippen molar-refractivity contribution in [3.05, 3.63) is 18.0 Å². The first-order chi connectivity index (χ1) is 9.61. The summed E-state index contributed by atoms with van der Waals surface area (Å²) in [5.74, 6) is -0.0475. The van der Waals surface area contributed by atoms with E-state index in [1.54, 1.807) is 13.2 Å². The van der Waals surface area contributed by atoms with Crippen LogP contribution in [0.15, 0.2) is 12.3 Å². The van der Waals surface area contributed by atoms with Crippen LogP contribution in [0, 0.1) is 0 Å². The van der Waals surface area contributed by atoms with Gasteiger partial charge in [0.25, 0.3) is 5.91 Å². The monoisotopic (exact) mass is 280 g/mol. The third-order valence-corrected chi connectivity index (χ3v) is 3.50. The van der Waals surface area contributed by atoms with E-state index in [0.29, 0.717) is 30.6 Å². The van der Waals surface area contributed by atoms with Gasteiger partial charge in [0.1, 0.15) is 5.69 Å². The van der Waals surface area contributed by atoms with Gasteiger partial charge < -0.3 is 25.3 Å². The second-order valence-electron chi connectivity index (χ2n) is 5.35. The molecule has 0 atom stereocenters. The number of anilines is 1. The largest absolute Gasteiger partial charge is 0.397 e. The molecule has 0 spiro atoms. The van der Waals surface area contributed by atoms with Crippen LogP contribution >= 0.6 is 0 Å². The van der Waals surface area contributed by atoms with E-state index in [1.165, 1.54) is 0 Å². The Morgan fingerprint density at radius 2 is 2.30 bits per heavy atom. The molecule has 0 unspecified atom stereocenters. The van der Waals surface area contributed by atoms with E-state index < -0.39 is 0 Å². The fraction of sp³-hybridized carbons (Fsp3) is 0.643. The fourth-order valence-corrected chi connectivity index (χ4v) is 2.15. The summed E-state index contributed by atoms with van der Waals surface area (Å²) < 4.78 is 7.01. The zero-order chi connectivity index (χ0) is 14.5. The Morgan fingerprint density at radius 1 is 1.55 bits per heavy atom. The van der Waals surface area contributed by atoms with Gasteiger partial charge in [0.15, 0.2) is 0 Å². The molecule has 0 aliphatic heterocycles. The molecule has 0 radical (unpaired) electrons. The fourth-order valence-electron chi connectivity index (χ4n) is 2.15. The van der Waals surface area contributed by atoms with Gasteiger partial charge in [-0.3, -0.25) is 4.79 Å². The molecule has 1 fully saturated rings. The van der Waals surface area contributed by atoms with E-state index in [-0.39, 0.29) is 5.91 Å². The highest BCUT2D eigenvalue weighted by molar-refractivity contribution is 5.93. The number of nitrogen functional groups attached to an aromatic ring is 1. The smallest absolute Gasteiger partial charge is 0.268 e. The minimum absolute atomic E-state index is 0.0475. The number of nitrogens with zero attached hydrogens (tertiary/aromatic N) is 2. The molecule has 6 nitrogen and oxygen atoms in total. The average Bonchev–Trinajstić information content (AvgIpc) is 3.19. The topological polar surface area (TPSA) is 72.5 Å². The number of methoxy groups -OCH3 is 1. The number of aromatic nitrogens is 1. The standard InChI is InChI=1S/C14H24N4O2/c1-17(7-8-20-2)6-5-16-14(19)13-9-11(15)10-18(13)12-3-4-12/h9-10,12H,3-8,15H2,1-2H3,(H,16,19). The van der Waals surface area contributed by atoms with Gasteiger partial charge in [-0.05, 0) is 26.0 Å². The summed E-state index contributed by atoms with van der Waals surface area (Å²) in [5.41, 5.74) is 7.11. The number of ether oxygens (including phenoxy) is 1. The lowest BCUT2D eigenvalue weighted by Gasteiger charge is -2.16. The van der Waals surface area contributed by atoms with Crippen molar-refractivity contribution in [3.63, 3.8) is 0 Å². The van der Waals surface area contributed by atoms with Crippen LogP contribution in [0.25, 0.3) is 0 Å². The van der Waals surface area contributed by atoms with Gasteiger partial charge in [0, 0.05) is 39.0 Å². The Bertz CT molecular complexity index is 454. The van der Waals surface area contributed by atoms with Crippen LogP contribution in [0.4, 0.5) is 5.69 Å². The Labute approximate surface area is 119 Å². The molecule has 0 saturated heterocycles. The molecule has 1 aliphatic rings. The van der Waals surface area contributed by atoms with Crippen molar-refractivity contribution in [1.82, 2.24) is 14.8 Å². The summed E-state index contributed by atoms with van der Waals surface area (Å²) in [4.78, 5) is 14.3. The molecule has 1 aromatic heterocycles. The van der Waals surface area contributed by atoms with Crippen LogP contribution in [0.2, 0.25) is 0 Å². The third-order valence-electron chi connectivity index (χ3n) is 3.50. The maximum atomic E-state index is 12.2. The van der Waals surface area contributed by atoms with Crippen molar-refractivity contribution >= 4 is 11.6 Å². The minimum atomic E-state index is -0.0475. The third kappa shape index (κ3) is 3.98. The molecule has 112 valence electrons. The summed E-state index contributed by atoms with van der Waals surface area (Å²) in [5, 5.41) is 2.94. The Kier molecular flexibility index (Phi) is 5.03. The molecule has 1 heterocycles. The number of carbonyl (C=O) groups is 1. The van der Waals surface area contributed by atoms with Gasteiger partial charge in [-0.25, -0.2) is 0 Å². The number of nitrogens with two attached hydrogens (primary N) is 1. The van der Waals surface area contributed by atoms with Gasteiger partial charge in [-0.1, -0.05) is 0 Å². The lowest BCUT2D eigenvalue weighted by molar-refractivity contribution is 0.0938. The Balaban J connectivity index is 1.80. The number of nitrogens with one attached hydrogen (secondary N) is 1. The molecular formula is C14H24N4O2. The number of amides is 1. The van der Waals surface area contributed by atoms with Gasteiger partial charge in [-0.15, -0.1) is 0 Å². The molecule has 20 heavy (non-hydrogen) atoms. The molecular weight excluding hydrogens is 256 g/mol. The molecule has 1 saturated carbocycles. The highest BCUT2D eigenvalue weighted by Crippen LogP contribution is 2.37. The van der Waals surface area contributed by atoms with Crippen LogP contribution in [0.1, 0.15) is 29.4 Å². The lowest BCUT2D eigenvalue weighted by atomic mass is 10.3. The second-order valence-corrected chi connectivity index (χ2v) is 5.35. The van der Waals surface area contributed by atoms with Gasteiger partial charge in [0.2, 0.25) is 0 Å². The molecule has 1 aliphatic carbocycles. The molecule has 0 aromatic carbocycles. The molecule has 0 bridgehead atoms. The summed E-state index contributed by atoms with van der Waals surface area (Å²) >= 11 is 0. The number of hydrogen-bond acceptors (Lipinski definition) is 4. The van der Waals surface area contributed by atoms with Crippen molar-refractivity contribution < 1.29 is 9.53 Å². The van der Waals surface area contributed by atoms with Gasteiger partial charge >= 0.3 is 0 Å². The Hall–Kier alpha value is -1.53. The van der Waals surface area contributed by atoms with Crippen LogP contribution in [-0.2, 0) is 4.74 Å². The van der Waals surface area contributed by atoms with Crippen molar-refractivity contribution in [2.45, 2.75) is 18.9 Å². The van der Waals surface area contributed by atoms with E-state index in [4.69, 9.17) is 10.5 Å². The van der Waals surface area contributed by atoms with E-state index in [9.17, 15) is 4.79 Å². The quantitative estimate of drug-likeness (QED) is 0.736. The molecule has 1 aromatic rings. The SMILES string of the molecule is COCCN(C)CCNC(=O)c1cc(N)cn1C1CC1. The zero-order valence-electron chi connectivity index (χ0n) is 12.3. The summed E-state index contributed by atoms with van der Waals surface area (Å²) in [6, 6.07) is 2.21. The Morgan fingerprint density at radius 3 is 2.95 bits per heavy atom. The maximum Gasteiger partial charge on any atom is 0.268 e. The van der Waals surface area contributed by atoms with E-state index >= 15 is 0 Å². The second kappa shape index (κ2) is 6.76. The number of hydrogen-bond donors (Lipinski definition) is 2. The highest BCUT2D eigenvalue weighted by atomic mass is 16.5. The van der Waals surface area contributed by atoms with E-state index in [1.807, 2.05) is 17.8 Å². The predicted molar refractivity (Wildman–Crippen MR) is 78.8 cm³/mol. The zero-order valence-corrected chi connectivity index (χ0v) is 12.3. The van der Waals surface area contributed by atoms with Crippen LogP contribution < -0.4 is 11.1 Å². The van der Waals surface area contributed by atoms with Crippen LogP contribution in [0.5, 0.6) is 0 Å². The first-order valence-electron chi connectivity index (χ1n) is 7.05. The van der Waals surface area contributed by atoms with Gasteiger partial charge in [0.05, 0.1) is 12.3 Å². The summed E-state index contributed by atoms with van der Waals surface area (Å²) in [7, 11) is 3.70. The van der Waals surface area contributed by atoms with Crippen molar-refractivity contribution in [1.29, 1.82) is 0 Å². The molecule has 2 rings (SSSR count). The van der Waals surface area contributed by atoms with Crippen molar-refractivity contribution in [2.24, 2.45) is 0 Å². The lowest BCUT2D eigenvalue weighted by Crippen LogP contribution is -2.35. The first kappa shape index (κ1) is 14.9. The van der Waals surface area contributed by atoms with Crippen LogP contribution in [-0.4, -0.2) is 55.8 Å². The average molecular weight is 280 g/mol. The maximum absolute atomic E-state index is 12.2.